The Morgan fingerprint density at radius 3 is 2.60 bits per heavy atom. The number of carbonyl (C=O) groups excluding carboxylic acids is 1. The second-order valence-corrected chi connectivity index (χ2v) is 8.23. The van der Waals surface area contributed by atoms with Gasteiger partial charge in [-0.15, -0.1) is 0 Å². The molecule has 1 aromatic carbocycles. The predicted molar refractivity (Wildman–Crippen MR) is 111 cm³/mol. The van der Waals surface area contributed by atoms with Gasteiger partial charge in [0.2, 0.25) is 10.0 Å². The van der Waals surface area contributed by atoms with E-state index in [0.717, 1.165) is 5.56 Å². The molecule has 0 aliphatic rings. The van der Waals surface area contributed by atoms with Gasteiger partial charge in [-0.3, -0.25) is 4.79 Å². The standard InChI is InChI=1S/C20H23N5O4S/c1-15-18(14-23-25(15)19-5-3-4-10-21-19)20(26)22-13-16-6-8-17(9-7-16)30(27,28)24-11-12-29-2/h3-10,14,24H,11-13H2,1-2H3,(H,22,26). The van der Waals surface area contributed by atoms with Gasteiger partial charge in [-0.25, -0.2) is 22.8 Å². The Labute approximate surface area is 175 Å². The van der Waals surface area contributed by atoms with E-state index < -0.39 is 10.0 Å². The molecule has 2 N–H and O–H groups in total. The number of ether oxygens (including phenoxy) is 1. The average molecular weight is 430 g/mol. The molecule has 30 heavy (non-hydrogen) atoms. The van der Waals surface area contributed by atoms with Crippen LogP contribution < -0.4 is 10.0 Å². The number of nitrogens with one attached hydrogen (secondary N) is 2. The SMILES string of the molecule is COCCNS(=O)(=O)c1ccc(CNC(=O)c2cnn(-c3ccccn3)c2C)cc1. The largest absolute Gasteiger partial charge is 0.383 e. The number of rotatable bonds is 9. The zero-order chi connectivity index (χ0) is 21.6. The van der Waals surface area contributed by atoms with Crippen molar-refractivity contribution in [3.05, 3.63) is 71.7 Å². The zero-order valence-electron chi connectivity index (χ0n) is 16.7. The molecule has 0 saturated heterocycles. The van der Waals surface area contributed by atoms with E-state index in [1.54, 1.807) is 36.0 Å². The Morgan fingerprint density at radius 1 is 1.17 bits per heavy atom. The summed E-state index contributed by atoms with van der Waals surface area (Å²) < 4.78 is 33.2. The Kier molecular flexibility index (Phi) is 6.93. The highest BCUT2D eigenvalue weighted by molar-refractivity contribution is 7.89. The molecule has 1 amide bonds. The first kappa shape index (κ1) is 21.6. The van der Waals surface area contributed by atoms with Crippen molar-refractivity contribution < 1.29 is 17.9 Å². The molecule has 158 valence electrons. The van der Waals surface area contributed by atoms with Gasteiger partial charge in [0.15, 0.2) is 5.82 Å². The number of nitrogens with zero attached hydrogens (tertiary/aromatic N) is 3. The van der Waals surface area contributed by atoms with Gasteiger partial charge in [-0.1, -0.05) is 18.2 Å². The van der Waals surface area contributed by atoms with Crippen LogP contribution in [0.4, 0.5) is 0 Å². The van der Waals surface area contributed by atoms with Crippen LogP contribution in [-0.4, -0.2) is 49.4 Å². The van der Waals surface area contributed by atoms with Crippen LogP contribution in [-0.2, 0) is 21.3 Å². The van der Waals surface area contributed by atoms with Gasteiger partial charge in [0.25, 0.3) is 5.91 Å². The van der Waals surface area contributed by atoms with Crippen molar-refractivity contribution in [2.75, 3.05) is 20.3 Å². The van der Waals surface area contributed by atoms with Crippen molar-refractivity contribution >= 4 is 15.9 Å². The minimum Gasteiger partial charge on any atom is -0.383 e. The summed E-state index contributed by atoms with van der Waals surface area (Å²) in [7, 11) is -2.08. The summed E-state index contributed by atoms with van der Waals surface area (Å²) in [4.78, 5) is 16.9. The fraction of sp³-hybridized carbons (Fsp3) is 0.250. The first-order chi connectivity index (χ1) is 14.4. The van der Waals surface area contributed by atoms with Crippen molar-refractivity contribution in [1.82, 2.24) is 24.8 Å². The minimum atomic E-state index is -3.59. The van der Waals surface area contributed by atoms with Crippen LogP contribution in [0.5, 0.6) is 0 Å². The van der Waals surface area contributed by atoms with Crippen LogP contribution in [0.2, 0.25) is 0 Å². The maximum atomic E-state index is 12.6. The van der Waals surface area contributed by atoms with Gasteiger partial charge in [-0.05, 0) is 36.8 Å². The Bertz CT molecular complexity index is 1100. The molecule has 3 rings (SSSR count). The van der Waals surface area contributed by atoms with Crippen LogP contribution >= 0.6 is 0 Å². The smallest absolute Gasteiger partial charge is 0.255 e. The predicted octanol–water partition coefficient (Wildman–Crippen LogP) is 1.43. The fourth-order valence-electron chi connectivity index (χ4n) is 2.77. The molecule has 2 aromatic heterocycles. The summed E-state index contributed by atoms with van der Waals surface area (Å²) in [6, 6.07) is 11.8. The number of pyridine rings is 1. The molecule has 3 aromatic rings. The molecule has 0 aliphatic carbocycles. The highest BCUT2D eigenvalue weighted by Gasteiger charge is 2.16. The van der Waals surface area contributed by atoms with Crippen molar-refractivity contribution in [1.29, 1.82) is 0 Å². The molecular formula is C20H23N5O4S. The van der Waals surface area contributed by atoms with E-state index in [9.17, 15) is 13.2 Å². The van der Waals surface area contributed by atoms with Gasteiger partial charge in [0, 0.05) is 26.4 Å². The van der Waals surface area contributed by atoms with Crippen molar-refractivity contribution in [2.45, 2.75) is 18.4 Å². The van der Waals surface area contributed by atoms with Crippen molar-refractivity contribution in [2.24, 2.45) is 0 Å². The fourth-order valence-corrected chi connectivity index (χ4v) is 3.78. The molecule has 2 heterocycles. The van der Waals surface area contributed by atoms with Gasteiger partial charge >= 0.3 is 0 Å². The number of carbonyl (C=O) groups is 1. The van der Waals surface area contributed by atoms with Crippen molar-refractivity contribution in [3.63, 3.8) is 0 Å². The van der Waals surface area contributed by atoms with E-state index in [0.29, 0.717) is 23.7 Å². The van der Waals surface area contributed by atoms with E-state index in [1.807, 2.05) is 12.1 Å². The molecule has 0 unspecified atom stereocenters. The van der Waals surface area contributed by atoms with E-state index in [4.69, 9.17) is 4.74 Å². The van der Waals surface area contributed by atoms with E-state index >= 15 is 0 Å². The third-order valence-corrected chi connectivity index (χ3v) is 5.88. The second kappa shape index (κ2) is 9.61. The lowest BCUT2D eigenvalue weighted by molar-refractivity contribution is 0.0950. The number of sulfonamides is 1. The van der Waals surface area contributed by atoms with E-state index in [-0.39, 0.29) is 23.9 Å². The van der Waals surface area contributed by atoms with Crippen molar-refractivity contribution in [3.8, 4) is 5.82 Å². The van der Waals surface area contributed by atoms with Crippen LogP contribution in [0.1, 0.15) is 21.6 Å². The Morgan fingerprint density at radius 2 is 1.93 bits per heavy atom. The summed E-state index contributed by atoms with van der Waals surface area (Å²) in [5.41, 5.74) is 1.89. The zero-order valence-corrected chi connectivity index (χ0v) is 17.5. The first-order valence-corrected chi connectivity index (χ1v) is 10.7. The Hall–Kier alpha value is -3.08. The molecular weight excluding hydrogens is 406 g/mol. The van der Waals surface area contributed by atoms with Gasteiger partial charge < -0.3 is 10.1 Å². The van der Waals surface area contributed by atoms with Gasteiger partial charge in [-0.2, -0.15) is 5.10 Å². The summed E-state index contributed by atoms with van der Waals surface area (Å²) >= 11 is 0. The van der Waals surface area contributed by atoms with Crippen LogP contribution in [0.15, 0.2) is 59.8 Å². The van der Waals surface area contributed by atoms with Gasteiger partial charge in [0.05, 0.1) is 29.0 Å². The van der Waals surface area contributed by atoms with E-state index in [2.05, 4.69) is 20.1 Å². The molecule has 0 saturated carbocycles. The summed E-state index contributed by atoms with van der Waals surface area (Å²) in [6.07, 6.45) is 3.16. The summed E-state index contributed by atoms with van der Waals surface area (Å²) in [5.74, 6) is 0.359. The molecule has 0 fully saturated rings. The number of hydrogen-bond acceptors (Lipinski definition) is 6. The maximum absolute atomic E-state index is 12.6. The molecule has 0 bridgehead atoms. The molecule has 10 heteroatoms. The Balaban J connectivity index is 1.62. The molecule has 0 radical (unpaired) electrons. The third kappa shape index (κ3) is 5.09. The molecule has 0 aliphatic heterocycles. The summed E-state index contributed by atoms with van der Waals surface area (Å²) in [6.45, 7) is 2.54. The van der Waals surface area contributed by atoms with Crippen LogP contribution in [0, 0.1) is 6.92 Å². The van der Waals surface area contributed by atoms with Crippen LogP contribution in [0.3, 0.4) is 0 Å². The number of methoxy groups -OCH3 is 1. The number of benzene rings is 1. The molecule has 9 nitrogen and oxygen atoms in total. The highest BCUT2D eigenvalue weighted by Crippen LogP contribution is 2.13. The lowest BCUT2D eigenvalue weighted by atomic mass is 10.2. The van der Waals surface area contributed by atoms with E-state index in [1.165, 1.54) is 25.4 Å². The monoisotopic (exact) mass is 429 g/mol. The topological polar surface area (TPSA) is 115 Å². The number of aromatic nitrogens is 3. The quantitative estimate of drug-likeness (QED) is 0.497. The highest BCUT2D eigenvalue weighted by atomic mass is 32.2. The second-order valence-electron chi connectivity index (χ2n) is 6.46. The molecule has 0 spiro atoms. The van der Waals surface area contributed by atoms with Crippen LogP contribution in [0.25, 0.3) is 5.82 Å². The number of hydrogen-bond donors (Lipinski definition) is 2. The normalized spacial score (nSPS) is 11.4. The summed E-state index contributed by atoms with van der Waals surface area (Å²) in [5, 5.41) is 7.07. The minimum absolute atomic E-state index is 0.154. The third-order valence-electron chi connectivity index (χ3n) is 4.41. The maximum Gasteiger partial charge on any atom is 0.255 e. The van der Waals surface area contributed by atoms with Gasteiger partial charge in [0.1, 0.15) is 0 Å². The lowest BCUT2D eigenvalue weighted by Gasteiger charge is -2.08. The number of amides is 1. The average Bonchev–Trinajstić information content (AvgIpc) is 3.14. The first-order valence-electron chi connectivity index (χ1n) is 9.24. The molecule has 0 atom stereocenters. The lowest BCUT2D eigenvalue weighted by Crippen LogP contribution is -2.27.